The van der Waals surface area contributed by atoms with Crippen molar-refractivity contribution in [3.63, 3.8) is 0 Å². The van der Waals surface area contributed by atoms with E-state index in [0.29, 0.717) is 5.89 Å². The predicted molar refractivity (Wildman–Crippen MR) is 80.6 cm³/mol. The minimum absolute atomic E-state index is 0.105. The van der Waals surface area contributed by atoms with Crippen LogP contribution in [-0.4, -0.2) is 27.3 Å². The van der Waals surface area contributed by atoms with Crippen LogP contribution in [0.3, 0.4) is 0 Å². The summed E-state index contributed by atoms with van der Waals surface area (Å²) in [6.45, 7) is 4.04. The van der Waals surface area contributed by atoms with Gasteiger partial charge >= 0.3 is 11.9 Å². The quantitative estimate of drug-likeness (QED) is 0.677. The highest BCUT2D eigenvalue weighted by Crippen LogP contribution is 2.26. The number of hydrogen-bond acceptors (Lipinski definition) is 5. The molecule has 3 rings (SSSR count). The van der Waals surface area contributed by atoms with Gasteiger partial charge in [-0.1, -0.05) is 25.1 Å². The number of nitrogens with zero attached hydrogens (tertiary/aromatic N) is 3. The number of para-hydroxylation sites is 1. The van der Waals surface area contributed by atoms with Crippen molar-refractivity contribution in [2.45, 2.75) is 26.3 Å². The fourth-order valence-electron chi connectivity index (χ4n) is 2.51. The third-order valence-electron chi connectivity index (χ3n) is 3.53. The first kappa shape index (κ1) is 14.3. The molecule has 1 unspecified atom stereocenters. The molecule has 0 aliphatic carbocycles. The number of rotatable bonds is 5. The summed E-state index contributed by atoms with van der Waals surface area (Å²) < 4.78 is 12.5. The van der Waals surface area contributed by atoms with Gasteiger partial charge < -0.3 is 13.7 Å². The first-order valence-corrected chi connectivity index (χ1v) is 7.30. The zero-order chi connectivity index (χ0) is 15.5. The van der Waals surface area contributed by atoms with E-state index in [0.717, 1.165) is 17.3 Å². The molecule has 6 nitrogen and oxygen atoms in total. The molecule has 0 amide bonds. The average Bonchev–Trinajstić information content (AvgIpc) is 3.17. The molecule has 22 heavy (non-hydrogen) atoms. The average molecular weight is 299 g/mol. The summed E-state index contributed by atoms with van der Waals surface area (Å²) in [4.78, 5) is 11.6. The molecule has 0 aliphatic rings. The van der Waals surface area contributed by atoms with Crippen LogP contribution in [0.4, 0.5) is 0 Å². The van der Waals surface area contributed by atoms with Crippen LogP contribution >= 0.6 is 0 Å². The fourth-order valence-corrected chi connectivity index (χ4v) is 2.51. The van der Waals surface area contributed by atoms with Gasteiger partial charge in [0, 0.05) is 11.7 Å². The van der Waals surface area contributed by atoms with Gasteiger partial charge in [0.2, 0.25) is 5.89 Å². The summed E-state index contributed by atoms with van der Waals surface area (Å²) in [6, 6.07) is 10.0. The Kier molecular flexibility index (Phi) is 3.91. The second kappa shape index (κ2) is 6.01. The lowest BCUT2D eigenvalue weighted by atomic mass is 10.2. The number of benzene rings is 1. The van der Waals surface area contributed by atoms with Gasteiger partial charge in [0.25, 0.3) is 0 Å². The molecule has 0 saturated heterocycles. The molecule has 0 saturated carbocycles. The number of aromatic nitrogens is 3. The zero-order valence-corrected chi connectivity index (χ0v) is 12.5. The van der Waals surface area contributed by atoms with Gasteiger partial charge in [0.15, 0.2) is 0 Å². The largest absolute Gasteiger partial charge is 0.459 e. The molecule has 0 radical (unpaired) electrons. The van der Waals surface area contributed by atoms with Crippen molar-refractivity contribution in [3.8, 4) is 0 Å². The van der Waals surface area contributed by atoms with Gasteiger partial charge in [-0.25, -0.2) is 4.79 Å². The Hall–Kier alpha value is -2.63. The van der Waals surface area contributed by atoms with E-state index in [-0.39, 0.29) is 18.5 Å². The molecule has 0 N–H and O–H groups in total. The fraction of sp³-hybridized carbons (Fsp3) is 0.312. The summed E-state index contributed by atoms with van der Waals surface area (Å²) >= 11 is 0. The maximum absolute atomic E-state index is 11.6. The molecule has 3 aromatic rings. The number of hydrogen-bond donors (Lipinski definition) is 0. The second-order valence-electron chi connectivity index (χ2n) is 4.87. The zero-order valence-electron chi connectivity index (χ0n) is 12.5. The highest BCUT2D eigenvalue weighted by Gasteiger charge is 2.23. The molecule has 0 spiro atoms. The minimum Gasteiger partial charge on any atom is -0.459 e. The monoisotopic (exact) mass is 299 g/mol. The molecule has 1 aromatic carbocycles. The summed E-state index contributed by atoms with van der Waals surface area (Å²) in [6.07, 6.45) is 2.76. The van der Waals surface area contributed by atoms with Crippen molar-refractivity contribution >= 4 is 16.9 Å². The second-order valence-corrected chi connectivity index (χ2v) is 4.87. The maximum atomic E-state index is 11.6. The molecule has 0 bridgehead atoms. The van der Waals surface area contributed by atoms with E-state index in [1.165, 1.54) is 0 Å². The van der Waals surface area contributed by atoms with E-state index in [4.69, 9.17) is 9.15 Å². The molecule has 0 fully saturated rings. The van der Waals surface area contributed by atoms with Gasteiger partial charge in [-0.3, -0.25) is 0 Å². The Morgan fingerprint density at radius 3 is 2.86 bits per heavy atom. The van der Waals surface area contributed by atoms with Gasteiger partial charge in [-0.2, -0.15) is 0 Å². The highest BCUT2D eigenvalue weighted by atomic mass is 16.5. The number of fused-ring (bicyclic) bond motifs is 1. The molecular formula is C16H17N3O3. The molecule has 2 heterocycles. The van der Waals surface area contributed by atoms with Gasteiger partial charge in [0.1, 0.15) is 6.04 Å². The minimum atomic E-state index is -0.589. The molecule has 1 atom stereocenters. The van der Waals surface area contributed by atoms with Crippen molar-refractivity contribution in [1.29, 1.82) is 0 Å². The summed E-state index contributed by atoms with van der Waals surface area (Å²) in [7, 11) is 0. The van der Waals surface area contributed by atoms with Crippen LogP contribution in [0.25, 0.3) is 10.9 Å². The lowest BCUT2D eigenvalue weighted by Crippen LogP contribution is -2.09. The van der Waals surface area contributed by atoms with E-state index in [2.05, 4.69) is 20.8 Å². The summed E-state index contributed by atoms with van der Waals surface area (Å²) in [5.41, 5.74) is 1.09. The molecule has 114 valence electrons. The Labute approximate surface area is 127 Å². The van der Waals surface area contributed by atoms with E-state index in [1.807, 2.05) is 37.4 Å². The topological polar surface area (TPSA) is 70.2 Å². The van der Waals surface area contributed by atoms with Gasteiger partial charge in [-0.15, -0.1) is 10.2 Å². The molecule has 0 aliphatic heterocycles. The molecular weight excluding hydrogens is 282 g/mol. The number of carbonyl (C=O) groups is 1. The third-order valence-corrected chi connectivity index (χ3v) is 3.53. The Balaban J connectivity index is 1.96. The Morgan fingerprint density at radius 2 is 2.09 bits per heavy atom. The van der Waals surface area contributed by atoms with Crippen LogP contribution in [0.5, 0.6) is 0 Å². The van der Waals surface area contributed by atoms with E-state index in [9.17, 15) is 4.79 Å². The number of ether oxygens (including phenoxy) is 1. The van der Waals surface area contributed by atoms with Gasteiger partial charge in [-0.05, 0) is 30.9 Å². The number of carbonyl (C=O) groups excluding carboxylic acids is 1. The van der Waals surface area contributed by atoms with Crippen LogP contribution < -0.4 is 0 Å². The summed E-state index contributed by atoms with van der Waals surface area (Å²) in [5.74, 6) is -0.285. The van der Waals surface area contributed by atoms with Crippen LogP contribution in [0, 0.1) is 0 Å². The van der Waals surface area contributed by atoms with Crippen LogP contribution in [0.15, 0.2) is 40.9 Å². The molecule has 6 heteroatoms. The summed E-state index contributed by atoms with van der Waals surface area (Å²) in [5, 5.41) is 8.95. The van der Waals surface area contributed by atoms with Gasteiger partial charge in [0.05, 0.1) is 6.61 Å². The molecule has 2 aromatic heterocycles. The van der Waals surface area contributed by atoms with Crippen LogP contribution in [-0.2, 0) is 4.74 Å². The lowest BCUT2D eigenvalue weighted by molar-refractivity contribution is 0.0477. The van der Waals surface area contributed by atoms with E-state index < -0.39 is 5.97 Å². The van der Waals surface area contributed by atoms with E-state index in [1.54, 1.807) is 6.92 Å². The highest BCUT2D eigenvalue weighted by molar-refractivity contribution is 5.84. The Morgan fingerprint density at radius 1 is 1.27 bits per heavy atom. The normalized spacial score (nSPS) is 12.5. The maximum Gasteiger partial charge on any atom is 0.396 e. The van der Waals surface area contributed by atoms with E-state index >= 15 is 0 Å². The lowest BCUT2D eigenvalue weighted by Gasteiger charge is -2.14. The number of esters is 1. The van der Waals surface area contributed by atoms with Crippen molar-refractivity contribution in [3.05, 3.63) is 48.3 Å². The first-order chi connectivity index (χ1) is 10.7. The smallest absolute Gasteiger partial charge is 0.396 e. The van der Waals surface area contributed by atoms with Crippen molar-refractivity contribution in [1.82, 2.24) is 14.8 Å². The third kappa shape index (κ3) is 2.47. The van der Waals surface area contributed by atoms with Crippen molar-refractivity contribution in [2.24, 2.45) is 0 Å². The standard InChI is InChI=1S/C16H17N3O3/c1-3-12(14-17-18-15(22-14)16(20)21-4-2)19-10-9-11-7-5-6-8-13(11)19/h5-10,12H,3-4H2,1-2H3. The van der Waals surface area contributed by atoms with Crippen LogP contribution in [0.1, 0.15) is 42.9 Å². The predicted octanol–water partition coefficient (Wildman–Crippen LogP) is 3.20. The van der Waals surface area contributed by atoms with Crippen LogP contribution in [0.2, 0.25) is 0 Å². The van der Waals surface area contributed by atoms with Crippen molar-refractivity contribution < 1.29 is 13.9 Å². The first-order valence-electron chi connectivity index (χ1n) is 7.30. The Bertz CT molecular complexity index is 791. The SMILES string of the molecule is CCOC(=O)c1nnc(C(CC)n2ccc3ccccc32)o1. The van der Waals surface area contributed by atoms with Crippen molar-refractivity contribution in [2.75, 3.05) is 6.61 Å².